The van der Waals surface area contributed by atoms with Crippen LogP contribution < -0.4 is 4.90 Å². The molecule has 1 N–H and O–H groups in total. The number of hydrogen-bond donors (Lipinski definition) is 1. The van der Waals surface area contributed by atoms with Crippen molar-refractivity contribution in [3.05, 3.63) is 23.6 Å². The first kappa shape index (κ1) is 13.7. The van der Waals surface area contributed by atoms with Crippen LogP contribution in [-0.4, -0.2) is 42.4 Å². The lowest BCUT2D eigenvalue weighted by molar-refractivity contribution is 0.0494. The normalized spacial score (nSPS) is 23.4. The van der Waals surface area contributed by atoms with Crippen molar-refractivity contribution in [3.63, 3.8) is 0 Å². The number of carbonyl (C=O) groups is 1. The van der Waals surface area contributed by atoms with Crippen molar-refractivity contribution in [2.24, 2.45) is 5.92 Å². The van der Waals surface area contributed by atoms with E-state index >= 15 is 0 Å². The zero-order valence-corrected chi connectivity index (χ0v) is 11.0. The largest absolute Gasteiger partial charge is 0.478 e. The van der Waals surface area contributed by atoms with Crippen molar-refractivity contribution >= 4 is 11.8 Å². The quantitative estimate of drug-likeness (QED) is 0.905. The summed E-state index contributed by atoms with van der Waals surface area (Å²) in [6, 6.07) is 1.00. The van der Waals surface area contributed by atoms with E-state index in [1.54, 1.807) is 7.11 Å². The summed E-state index contributed by atoms with van der Waals surface area (Å²) in [4.78, 5) is 16.9. The predicted molar refractivity (Wildman–Crippen MR) is 67.9 cm³/mol. The van der Waals surface area contributed by atoms with Gasteiger partial charge in [0.2, 0.25) is 0 Å². The molecule has 5 nitrogen and oxygen atoms in total. The third-order valence-electron chi connectivity index (χ3n) is 3.56. The van der Waals surface area contributed by atoms with Gasteiger partial charge < -0.3 is 14.7 Å². The molecule has 2 heterocycles. The van der Waals surface area contributed by atoms with Crippen LogP contribution in [0.15, 0.2) is 12.3 Å². The molecule has 0 aliphatic carbocycles. The molecule has 1 saturated heterocycles. The van der Waals surface area contributed by atoms with Gasteiger partial charge in [0.15, 0.2) is 0 Å². The second-order valence-corrected chi connectivity index (χ2v) is 4.82. The lowest BCUT2D eigenvalue weighted by Gasteiger charge is -2.37. The summed E-state index contributed by atoms with van der Waals surface area (Å²) in [5.74, 6) is -1.10. The number of methoxy groups -OCH3 is 1. The zero-order valence-electron chi connectivity index (χ0n) is 11.0. The van der Waals surface area contributed by atoms with Crippen LogP contribution in [0.25, 0.3) is 0 Å². The van der Waals surface area contributed by atoms with Gasteiger partial charge in [-0.1, -0.05) is 6.92 Å². The van der Waals surface area contributed by atoms with Gasteiger partial charge in [-0.25, -0.2) is 14.2 Å². The first-order valence-electron chi connectivity index (χ1n) is 6.19. The Labute approximate surface area is 111 Å². The van der Waals surface area contributed by atoms with Crippen molar-refractivity contribution < 1.29 is 19.0 Å². The van der Waals surface area contributed by atoms with Gasteiger partial charge in [0, 0.05) is 20.2 Å². The SMILES string of the molecule is COC1CN(c2ncc(F)cc2C(=O)O)CCC1C. The second-order valence-electron chi connectivity index (χ2n) is 4.82. The molecule has 1 fully saturated rings. The third kappa shape index (κ3) is 2.84. The predicted octanol–water partition coefficient (Wildman–Crippen LogP) is 1.78. The van der Waals surface area contributed by atoms with E-state index in [0.717, 1.165) is 18.7 Å². The average Bonchev–Trinajstić information content (AvgIpc) is 2.39. The van der Waals surface area contributed by atoms with Crippen molar-refractivity contribution in [1.29, 1.82) is 0 Å². The Bertz CT molecular complexity index is 481. The molecule has 0 amide bonds. The van der Waals surface area contributed by atoms with Gasteiger partial charge in [0.25, 0.3) is 0 Å². The van der Waals surface area contributed by atoms with Crippen LogP contribution in [0.5, 0.6) is 0 Å². The van der Waals surface area contributed by atoms with Gasteiger partial charge in [-0.3, -0.25) is 0 Å². The number of halogens is 1. The lowest BCUT2D eigenvalue weighted by Crippen LogP contribution is -2.44. The number of carboxylic acid groups (broad SMARTS) is 1. The number of anilines is 1. The lowest BCUT2D eigenvalue weighted by atomic mass is 9.95. The van der Waals surface area contributed by atoms with Crippen LogP contribution in [-0.2, 0) is 4.74 Å². The maximum Gasteiger partial charge on any atom is 0.339 e. The van der Waals surface area contributed by atoms with Crippen LogP contribution in [0.3, 0.4) is 0 Å². The molecule has 19 heavy (non-hydrogen) atoms. The molecule has 1 aliphatic rings. The van der Waals surface area contributed by atoms with Crippen molar-refractivity contribution in [2.45, 2.75) is 19.4 Å². The molecule has 0 bridgehead atoms. The number of aromatic nitrogens is 1. The summed E-state index contributed by atoms with van der Waals surface area (Å²) in [7, 11) is 1.64. The number of nitrogens with zero attached hydrogens (tertiary/aromatic N) is 2. The summed E-state index contributed by atoms with van der Waals surface area (Å²) in [5, 5.41) is 9.13. The molecular weight excluding hydrogens is 251 g/mol. The van der Waals surface area contributed by atoms with Crippen molar-refractivity contribution in [2.75, 3.05) is 25.1 Å². The monoisotopic (exact) mass is 268 g/mol. The van der Waals surface area contributed by atoms with E-state index in [0.29, 0.717) is 24.8 Å². The van der Waals surface area contributed by atoms with E-state index in [4.69, 9.17) is 9.84 Å². The topological polar surface area (TPSA) is 62.7 Å². The summed E-state index contributed by atoms with van der Waals surface area (Å²) < 4.78 is 18.5. The summed E-state index contributed by atoms with van der Waals surface area (Å²) in [6.07, 6.45) is 1.96. The molecule has 1 aliphatic heterocycles. The number of aromatic carboxylic acids is 1. The first-order valence-corrected chi connectivity index (χ1v) is 6.19. The fraction of sp³-hybridized carbons (Fsp3) is 0.538. The Kier molecular flexibility index (Phi) is 3.99. The van der Waals surface area contributed by atoms with Crippen LogP contribution >= 0.6 is 0 Å². The van der Waals surface area contributed by atoms with Crippen LogP contribution in [0.2, 0.25) is 0 Å². The smallest absolute Gasteiger partial charge is 0.339 e. The van der Waals surface area contributed by atoms with E-state index in [1.165, 1.54) is 0 Å². The highest BCUT2D eigenvalue weighted by atomic mass is 19.1. The Hall–Kier alpha value is -1.69. The maximum absolute atomic E-state index is 13.1. The minimum atomic E-state index is -1.17. The average molecular weight is 268 g/mol. The van der Waals surface area contributed by atoms with Gasteiger partial charge in [-0.05, 0) is 18.4 Å². The third-order valence-corrected chi connectivity index (χ3v) is 3.56. The van der Waals surface area contributed by atoms with Crippen LogP contribution in [0.4, 0.5) is 10.2 Å². The van der Waals surface area contributed by atoms with Gasteiger partial charge >= 0.3 is 5.97 Å². The number of piperidine rings is 1. The fourth-order valence-electron chi connectivity index (χ4n) is 2.37. The molecule has 2 unspecified atom stereocenters. The van der Waals surface area contributed by atoms with E-state index in [1.807, 2.05) is 4.90 Å². The minimum absolute atomic E-state index is 0.0299. The highest BCUT2D eigenvalue weighted by Crippen LogP contribution is 2.26. The van der Waals surface area contributed by atoms with Gasteiger partial charge in [0.05, 0.1) is 12.3 Å². The Morgan fingerprint density at radius 1 is 1.63 bits per heavy atom. The van der Waals surface area contributed by atoms with E-state index in [9.17, 15) is 9.18 Å². The van der Waals surface area contributed by atoms with Crippen LogP contribution in [0, 0.1) is 11.7 Å². The van der Waals surface area contributed by atoms with Crippen molar-refractivity contribution in [1.82, 2.24) is 4.98 Å². The standard InChI is InChI=1S/C13H17FN2O3/c1-8-3-4-16(7-11(8)19-2)12-10(13(17)18)5-9(14)6-15-12/h5-6,8,11H,3-4,7H2,1-2H3,(H,17,18). The number of carboxylic acids is 1. The first-order chi connectivity index (χ1) is 9.02. The Morgan fingerprint density at radius 2 is 2.37 bits per heavy atom. The number of hydrogen-bond acceptors (Lipinski definition) is 4. The van der Waals surface area contributed by atoms with Gasteiger partial charge in [0.1, 0.15) is 17.2 Å². The van der Waals surface area contributed by atoms with Gasteiger partial charge in [-0.2, -0.15) is 0 Å². The van der Waals surface area contributed by atoms with Gasteiger partial charge in [-0.15, -0.1) is 0 Å². The van der Waals surface area contributed by atoms with E-state index < -0.39 is 11.8 Å². The molecule has 6 heteroatoms. The fourth-order valence-corrected chi connectivity index (χ4v) is 2.37. The zero-order chi connectivity index (χ0) is 14.0. The molecule has 104 valence electrons. The Morgan fingerprint density at radius 3 is 3.00 bits per heavy atom. The molecule has 0 spiro atoms. The summed E-state index contributed by atoms with van der Waals surface area (Å²) in [6.45, 7) is 3.36. The number of ether oxygens (including phenoxy) is 1. The minimum Gasteiger partial charge on any atom is -0.478 e. The maximum atomic E-state index is 13.1. The molecule has 2 atom stereocenters. The summed E-state index contributed by atoms with van der Waals surface area (Å²) in [5.41, 5.74) is -0.107. The van der Waals surface area contributed by atoms with Crippen LogP contribution in [0.1, 0.15) is 23.7 Å². The number of rotatable bonds is 3. The summed E-state index contributed by atoms with van der Waals surface area (Å²) >= 11 is 0. The molecule has 0 saturated carbocycles. The molecular formula is C13H17FN2O3. The molecule has 2 rings (SSSR count). The second kappa shape index (κ2) is 5.52. The molecule has 1 aromatic rings. The molecule has 0 aromatic carbocycles. The van der Waals surface area contributed by atoms with E-state index in [-0.39, 0.29) is 11.7 Å². The number of pyridine rings is 1. The van der Waals surface area contributed by atoms with Crippen molar-refractivity contribution in [3.8, 4) is 0 Å². The molecule has 0 radical (unpaired) electrons. The highest BCUT2D eigenvalue weighted by molar-refractivity contribution is 5.93. The highest BCUT2D eigenvalue weighted by Gasteiger charge is 2.29. The molecule has 1 aromatic heterocycles. The van der Waals surface area contributed by atoms with E-state index in [2.05, 4.69) is 11.9 Å². The Balaban J connectivity index is 2.29.